The lowest BCUT2D eigenvalue weighted by molar-refractivity contribution is -0.133. The van der Waals surface area contributed by atoms with E-state index in [4.69, 9.17) is 23.2 Å². The van der Waals surface area contributed by atoms with Crippen LogP contribution in [0.1, 0.15) is 55.5 Å². The second-order valence-corrected chi connectivity index (χ2v) is 10.1. The summed E-state index contributed by atoms with van der Waals surface area (Å²) in [6.07, 6.45) is 6.11. The monoisotopic (exact) mass is 507 g/mol. The van der Waals surface area contributed by atoms with Crippen LogP contribution in [0.4, 0.5) is 0 Å². The Balaban J connectivity index is 1.44. The van der Waals surface area contributed by atoms with Crippen LogP contribution in [0.25, 0.3) is 16.5 Å². The van der Waals surface area contributed by atoms with E-state index in [0.29, 0.717) is 28.8 Å². The van der Waals surface area contributed by atoms with E-state index in [9.17, 15) is 10.1 Å². The first-order valence-electron chi connectivity index (χ1n) is 12.0. The molecule has 2 aliphatic heterocycles. The van der Waals surface area contributed by atoms with E-state index in [0.717, 1.165) is 54.3 Å². The summed E-state index contributed by atoms with van der Waals surface area (Å²) in [5.41, 5.74) is 4.44. The van der Waals surface area contributed by atoms with Crippen LogP contribution < -0.4 is 5.32 Å². The van der Waals surface area contributed by atoms with Crippen molar-refractivity contribution >= 4 is 45.6 Å². The average molecular weight is 508 g/mol. The first-order chi connectivity index (χ1) is 17.0. The van der Waals surface area contributed by atoms with Gasteiger partial charge in [-0.1, -0.05) is 47.8 Å². The summed E-state index contributed by atoms with van der Waals surface area (Å²) < 4.78 is 1.86. The number of nitrogens with zero attached hydrogens (tertiary/aromatic N) is 4. The number of aromatic nitrogens is 2. The molecule has 5 rings (SSSR count). The zero-order valence-electron chi connectivity index (χ0n) is 19.6. The number of amides is 1. The molecule has 1 N–H and O–H groups in total. The van der Waals surface area contributed by atoms with E-state index in [1.54, 1.807) is 6.07 Å². The Morgan fingerprint density at radius 3 is 2.77 bits per heavy atom. The fourth-order valence-corrected chi connectivity index (χ4v) is 5.67. The van der Waals surface area contributed by atoms with Crippen LogP contribution in [0.3, 0.4) is 0 Å². The Bertz CT molecular complexity index is 1350. The number of halogens is 2. The summed E-state index contributed by atoms with van der Waals surface area (Å²) >= 11 is 12.6. The highest BCUT2D eigenvalue weighted by Gasteiger charge is 2.27. The van der Waals surface area contributed by atoms with E-state index in [2.05, 4.69) is 28.6 Å². The average Bonchev–Trinajstić information content (AvgIpc) is 3.26. The number of benzene rings is 2. The molecule has 6 nitrogen and oxygen atoms in total. The molecule has 1 fully saturated rings. The number of nitriles is 1. The quantitative estimate of drug-likeness (QED) is 0.499. The first kappa shape index (κ1) is 23.9. The van der Waals surface area contributed by atoms with E-state index in [1.165, 1.54) is 5.57 Å². The number of rotatable bonds is 4. The zero-order chi connectivity index (χ0) is 24.5. The molecule has 0 spiro atoms. The third kappa shape index (κ3) is 4.69. The number of fused-ring (bicyclic) bond motifs is 1. The van der Waals surface area contributed by atoms with Crippen LogP contribution in [0.2, 0.25) is 10.0 Å². The van der Waals surface area contributed by atoms with Crippen molar-refractivity contribution in [2.75, 3.05) is 19.6 Å². The van der Waals surface area contributed by atoms with Crippen LogP contribution in [-0.2, 0) is 4.79 Å². The summed E-state index contributed by atoms with van der Waals surface area (Å²) in [7, 11) is 0. The van der Waals surface area contributed by atoms with Crippen LogP contribution in [0.5, 0.6) is 0 Å². The van der Waals surface area contributed by atoms with Gasteiger partial charge < -0.3 is 10.2 Å². The zero-order valence-corrected chi connectivity index (χ0v) is 21.1. The molecular formula is C27H27Cl2N5O. The molecule has 35 heavy (non-hydrogen) atoms. The molecule has 2 aliphatic rings. The molecule has 2 aromatic carbocycles. The Morgan fingerprint density at radius 1 is 1.23 bits per heavy atom. The van der Waals surface area contributed by atoms with E-state index >= 15 is 0 Å². The van der Waals surface area contributed by atoms with Gasteiger partial charge in [-0.05, 0) is 73.7 Å². The highest BCUT2D eigenvalue weighted by atomic mass is 35.5. The van der Waals surface area contributed by atoms with Crippen molar-refractivity contribution in [3.8, 4) is 6.07 Å². The molecule has 1 amide bonds. The van der Waals surface area contributed by atoms with Crippen molar-refractivity contribution in [3.63, 3.8) is 0 Å². The van der Waals surface area contributed by atoms with Gasteiger partial charge >= 0.3 is 0 Å². The second-order valence-electron chi connectivity index (χ2n) is 9.24. The fraction of sp³-hybridized carbons (Fsp3) is 0.370. The summed E-state index contributed by atoms with van der Waals surface area (Å²) in [6.45, 7) is 4.26. The number of hydrogen-bond donors (Lipinski definition) is 1. The SMILES string of the molecule is CC(c1ccc(Cl)cc1Cl)n1nc(C#N)c2ccc(C3=CCN(C(=O)C4CCCCN4)CC3)cc21. The molecule has 2 unspecified atom stereocenters. The maximum absolute atomic E-state index is 12.9. The minimum atomic E-state index is -0.184. The smallest absolute Gasteiger partial charge is 0.239 e. The molecule has 2 atom stereocenters. The third-order valence-electron chi connectivity index (χ3n) is 7.09. The Kier molecular flexibility index (Phi) is 6.84. The number of nitrogens with one attached hydrogen (secondary N) is 1. The molecule has 1 saturated heterocycles. The summed E-state index contributed by atoms with van der Waals surface area (Å²) in [5.74, 6) is 0.209. The molecule has 3 aromatic rings. The maximum Gasteiger partial charge on any atom is 0.239 e. The third-order valence-corrected chi connectivity index (χ3v) is 7.66. The van der Waals surface area contributed by atoms with Crippen LogP contribution in [0, 0.1) is 11.3 Å². The van der Waals surface area contributed by atoms with Gasteiger partial charge in [0.15, 0.2) is 5.69 Å². The van der Waals surface area contributed by atoms with E-state index < -0.39 is 0 Å². The minimum absolute atomic E-state index is 0.0463. The molecule has 8 heteroatoms. The van der Waals surface area contributed by atoms with Crippen molar-refractivity contribution in [1.82, 2.24) is 20.0 Å². The van der Waals surface area contributed by atoms with Crippen molar-refractivity contribution in [3.05, 3.63) is 69.3 Å². The van der Waals surface area contributed by atoms with Gasteiger partial charge in [0.2, 0.25) is 5.91 Å². The molecule has 180 valence electrons. The van der Waals surface area contributed by atoms with E-state index in [1.807, 2.05) is 40.8 Å². The molecule has 0 aliphatic carbocycles. The van der Waals surface area contributed by atoms with Crippen molar-refractivity contribution in [2.24, 2.45) is 0 Å². The van der Waals surface area contributed by atoms with E-state index in [-0.39, 0.29) is 18.0 Å². The molecule has 1 aromatic heterocycles. The largest absolute Gasteiger partial charge is 0.337 e. The van der Waals surface area contributed by atoms with Gasteiger partial charge in [0.1, 0.15) is 6.07 Å². The second kappa shape index (κ2) is 10.0. The maximum atomic E-state index is 12.9. The van der Waals surface area contributed by atoms with Gasteiger partial charge in [0.05, 0.1) is 17.6 Å². The van der Waals surface area contributed by atoms with Crippen LogP contribution in [0.15, 0.2) is 42.5 Å². The molecule has 3 heterocycles. The molecule has 0 radical (unpaired) electrons. The number of carbonyl (C=O) groups is 1. The number of carbonyl (C=O) groups excluding carboxylic acids is 1. The minimum Gasteiger partial charge on any atom is -0.337 e. The van der Waals surface area contributed by atoms with Gasteiger partial charge in [0, 0.05) is 28.5 Å². The predicted octanol–water partition coefficient (Wildman–Crippen LogP) is 5.58. The van der Waals surface area contributed by atoms with Crippen LogP contribution in [-0.4, -0.2) is 46.3 Å². The standard InChI is InChI=1S/C27H27Cl2N5O/c1-17(21-8-6-20(28)15-23(21)29)34-26-14-19(5-7-22(26)25(16-30)32-34)18-9-12-33(13-10-18)27(35)24-4-2-3-11-31-24/h5-9,14-15,17,24,31H,2-4,10-13H2,1H3. The normalized spacial score (nSPS) is 19.3. The molecular weight excluding hydrogens is 481 g/mol. The lowest BCUT2D eigenvalue weighted by Crippen LogP contribution is -2.49. The lowest BCUT2D eigenvalue weighted by Gasteiger charge is -2.32. The van der Waals surface area contributed by atoms with Gasteiger partial charge in [-0.25, -0.2) is 0 Å². The van der Waals surface area contributed by atoms with Gasteiger partial charge in [-0.15, -0.1) is 0 Å². The highest BCUT2D eigenvalue weighted by Crippen LogP contribution is 2.33. The van der Waals surface area contributed by atoms with Gasteiger partial charge in [0.25, 0.3) is 0 Å². The summed E-state index contributed by atoms with van der Waals surface area (Å²) in [5, 5.41) is 19.6. The van der Waals surface area contributed by atoms with Gasteiger partial charge in [-0.3, -0.25) is 9.48 Å². The number of piperidine rings is 1. The first-order valence-corrected chi connectivity index (χ1v) is 12.8. The highest BCUT2D eigenvalue weighted by molar-refractivity contribution is 6.35. The summed E-state index contributed by atoms with van der Waals surface area (Å²) in [4.78, 5) is 14.8. The van der Waals surface area contributed by atoms with Crippen molar-refractivity contribution in [2.45, 2.75) is 44.7 Å². The summed E-state index contributed by atoms with van der Waals surface area (Å²) in [6, 6.07) is 13.5. The van der Waals surface area contributed by atoms with Crippen molar-refractivity contribution < 1.29 is 4.79 Å². The predicted molar refractivity (Wildman–Crippen MR) is 140 cm³/mol. The Labute approximate surface area is 215 Å². The van der Waals surface area contributed by atoms with Gasteiger partial charge in [-0.2, -0.15) is 10.4 Å². The van der Waals surface area contributed by atoms with Crippen molar-refractivity contribution in [1.29, 1.82) is 5.26 Å². The Morgan fingerprint density at radius 2 is 2.09 bits per heavy atom. The number of hydrogen-bond acceptors (Lipinski definition) is 4. The molecule has 0 bridgehead atoms. The topological polar surface area (TPSA) is 74.0 Å². The van der Waals surface area contributed by atoms with Crippen LogP contribution >= 0.6 is 23.2 Å². The fourth-order valence-electron chi connectivity index (χ4n) is 5.10. The lowest BCUT2D eigenvalue weighted by atomic mass is 9.97. The Hall–Kier alpha value is -2.85. The molecule has 0 saturated carbocycles.